The fourth-order valence-electron chi connectivity index (χ4n) is 4.82. The van der Waals surface area contributed by atoms with Crippen molar-refractivity contribution < 1.29 is 19.1 Å². The summed E-state index contributed by atoms with van der Waals surface area (Å²) in [7, 11) is 0. The molecule has 0 bridgehead atoms. The number of rotatable bonds is 13. The maximum Gasteiger partial charge on any atom is 0.408 e. The number of benzene rings is 3. The van der Waals surface area contributed by atoms with Crippen LogP contribution in [0, 0.1) is 6.92 Å². The second kappa shape index (κ2) is 15.8. The average molecular weight is 572 g/mol. The van der Waals surface area contributed by atoms with E-state index in [1.54, 1.807) is 25.7 Å². The van der Waals surface area contributed by atoms with Crippen molar-refractivity contribution in [1.82, 2.24) is 15.5 Å². The molecule has 0 aromatic heterocycles. The van der Waals surface area contributed by atoms with Crippen molar-refractivity contribution in [3.8, 4) is 0 Å². The number of aryl methyl sites for hydroxylation is 1. The first-order valence-electron chi connectivity index (χ1n) is 14.8. The van der Waals surface area contributed by atoms with Crippen LogP contribution in [0.4, 0.5) is 4.79 Å². The summed E-state index contributed by atoms with van der Waals surface area (Å²) in [5.74, 6) is -0.599. The van der Waals surface area contributed by atoms with Crippen LogP contribution >= 0.6 is 0 Å². The van der Waals surface area contributed by atoms with Gasteiger partial charge in [0.2, 0.25) is 11.8 Å². The van der Waals surface area contributed by atoms with Gasteiger partial charge >= 0.3 is 6.09 Å². The SMILES string of the molecule is CCCCCN(C(=O)C(Cc1ccccc1)NC(=O)OC(C)(C)C)C(C(=O)NCc1ccccc1)c1ccccc1C. The van der Waals surface area contributed by atoms with Crippen LogP contribution in [0.5, 0.6) is 0 Å². The van der Waals surface area contributed by atoms with Gasteiger partial charge < -0.3 is 20.3 Å². The molecule has 3 aromatic rings. The Kier molecular flexibility index (Phi) is 12.1. The van der Waals surface area contributed by atoms with Gasteiger partial charge in [0.1, 0.15) is 17.7 Å². The Morgan fingerprint density at radius 1 is 0.833 bits per heavy atom. The summed E-state index contributed by atoms with van der Waals surface area (Å²) in [5, 5.41) is 5.89. The lowest BCUT2D eigenvalue weighted by Crippen LogP contribution is -2.54. The molecule has 0 radical (unpaired) electrons. The van der Waals surface area contributed by atoms with Crippen molar-refractivity contribution >= 4 is 17.9 Å². The van der Waals surface area contributed by atoms with Gasteiger partial charge in [0, 0.05) is 19.5 Å². The lowest BCUT2D eigenvalue weighted by molar-refractivity contribution is -0.142. The number of nitrogens with zero attached hydrogens (tertiary/aromatic N) is 1. The first-order chi connectivity index (χ1) is 20.1. The minimum Gasteiger partial charge on any atom is -0.444 e. The van der Waals surface area contributed by atoms with Crippen LogP contribution in [-0.4, -0.2) is 41.0 Å². The van der Waals surface area contributed by atoms with E-state index in [-0.39, 0.29) is 18.2 Å². The first-order valence-corrected chi connectivity index (χ1v) is 14.8. The normalized spacial score (nSPS) is 12.6. The van der Waals surface area contributed by atoms with Crippen molar-refractivity contribution in [2.45, 2.75) is 84.5 Å². The predicted molar refractivity (Wildman–Crippen MR) is 167 cm³/mol. The van der Waals surface area contributed by atoms with Crippen molar-refractivity contribution in [3.05, 3.63) is 107 Å². The zero-order chi connectivity index (χ0) is 30.5. The van der Waals surface area contributed by atoms with Crippen molar-refractivity contribution in [2.24, 2.45) is 0 Å². The Balaban J connectivity index is 2.02. The molecule has 0 spiro atoms. The Morgan fingerprint density at radius 3 is 2.02 bits per heavy atom. The molecular weight excluding hydrogens is 526 g/mol. The maximum absolute atomic E-state index is 14.5. The molecule has 0 fully saturated rings. The molecule has 7 nitrogen and oxygen atoms in total. The molecule has 2 N–H and O–H groups in total. The third-order valence-electron chi connectivity index (χ3n) is 6.91. The lowest BCUT2D eigenvalue weighted by Gasteiger charge is -2.35. The quantitative estimate of drug-likeness (QED) is 0.229. The summed E-state index contributed by atoms with van der Waals surface area (Å²) in [6.45, 7) is 10.1. The summed E-state index contributed by atoms with van der Waals surface area (Å²) in [4.78, 5) is 43.1. The van der Waals surface area contributed by atoms with Gasteiger partial charge in [-0.25, -0.2) is 4.79 Å². The van der Waals surface area contributed by atoms with Gasteiger partial charge in [-0.3, -0.25) is 9.59 Å². The summed E-state index contributed by atoms with van der Waals surface area (Å²) < 4.78 is 5.53. The van der Waals surface area contributed by atoms with Gasteiger partial charge in [-0.15, -0.1) is 0 Å². The van der Waals surface area contributed by atoms with E-state index in [2.05, 4.69) is 17.6 Å². The largest absolute Gasteiger partial charge is 0.444 e. The van der Waals surface area contributed by atoms with Gasteiger partial charge in [-0.2, -0.15) is 0 Å². The summed E-state index contributed by atoms with van der Waals surface area (Å²) >= 11 is 0. The van der Waals surface area contributed by atoms with E-state index in [4.69, 9.17) is 4.74 Å². The lowest BCUT2D eigenvalue weighted by atomic mass is 9.96. The first kappa shape index (κ1) is 32.4. The van der Waals surface area contributed by atoms with Crippen LogP contribution < -0.4 is 10.6 Å². The monoisotopic (exact) mass is 571 g/mol. The van der Waals surface area contributed by atoms with Crippen molar-refractivity contribution in [3.63, 3.8) is 0 Å². The molecule has 0 aliphatic heterocycles. The standard InChI is InChI=1S/C35H45N3O4/c1-6-7-16-23-38(33(40)30(24-27-18-10-8-11-19-27)37-34(41)42-35(3,4)5)31(29-22-15-14-17-26(29)2)32(39)36-25-28-20-12-9-13-21-28/h8-15,17-22,30-31H,6-7,16,23-25H2,1-5H3,(H,36,39)(H,37,41). The second-order valence-electron chi connectivity index (χ2n) is 11.6. The number of hydrogen-bond acceptors (Lipinski definition) is 4. The number of carbonyl (C=O) groups excluding carboxylic acids is 3. The fourth-order valence-corrected chi connectivity index (χ4v) is 4.82. The molecule has 7 heteroatoms. The Hall–Kier alpha value is -4.13. The van der Waals surface area contributed by atoms with E-state index in [1.165, 1.54) is 0 Å². The number of nitrogens with one attached hydrogen (secondary N) is 2. The number of hydrogen-bond donors (Lipinski definition) is 2. The topological polar surface area (TPSA) is 87.7 Å². The van der Waals surface area contributed by atoms with Crippen LogP contribution in [0.15, 0.2) is 84.9 Å². The molecule has 0 heterocycles. The highest BCUT2D eigenvalue weighted by molar-refractivity contribution is 5.92. The third-order valence-corrected chi connectivity index (χ3v) is 6.91. The summed E-state index contributed by atoms with van der Waals surface area (Å²) in [6, 6.07) is 25.1. The highest BCUT2D eigenvalue weighted by atomic mass is 16.6. The van der Waals surface area contributed by atoms with Gasteiger partial charge in [0.05, 0.1) is 0 Å². The Bertz CT molecular complexity index is 1290. The smallest absolute Gasteiger partial charge is 0.408 e. The zero-order valence-electron chi connectivity index (χ0n) is 25.6. The number of ether oxygens (including phenoxy) is 1. The minimum atomic E-state index is -0.933. The van der Waals surface area contributed by atoms with Gasteiger partial charge in [-0.1, -0.05) is 105 Å². The number of carbonyl (C=O) groups is 3. The van der Waals surface area contributed by atoms with Crippen LogP contribution in [0.2, 0.25) is 0 Å². The second-order valence-corrected chi connectivity index (χ2v) is 11.6. The molecule has 2 atom stereocenters. The van der Waals surface area contributed by atoms with Crippen LogP contribution in [0.25, 0.3) is 0 Å². The van der Waals surface area contributed by atoms with E-state index < -0.39 is 23.8 Å². The number of amides is 3. The molecule has 0 aliphatic carbocycles. The molecule has 3 amide bonds. The molecule has 0 saturated carbocycles. The van der Waals surface area contributed by atoms with Gasteiger partial charge in [0.25, 0.3) is 0 Å². The minimum absolute atomic E-state index is 0.259. The Labute approximate surface area is 250 Å². The van der Waals surface area contributed by atoms with Gasteiger partial charge in [0.15, 0.2) is 0 Å². The third kappa shape index (κ3) is 10.1. The van der Waals surface area contributed by atoms with Crippen molar-refractivity contribution in [2.75, 3.05) is 6.54 Å². The molecule has 3 aromatic carbocycles. The molecule has 0 aliphatic rings. The Morgan fingerprint density at radius 2 is 1.43 bits per heavy atom. The molecule has 3 rings (SSSR count). The maximum atomic E-state index is 14.5. The average Bonchev–Trinajstić information content (AvgIpc) is 2.96. The van der Waals surface area contributed by atoms with E-state index in [1.807, 2.05) is 91.9 Å². The zero-order valence-corrected chi connectivity index (χ0v) is 25.6. The van der Waals surface area contributed by atoms with E-state index >= 15 is 0 Å². The van der Waals surface area contributed by atoms with Gasteiger partial charge in [-0.05, 0) is 56.4 Å². The van der Waals surface area contributed by atoms with E-state index in [9.17, 15) is 14.4 Å². The predicted octanol–water partition coefficient (Wildman–Crippen LogP) is 6.51. The molecule has 2 unspecified atom stereocenters. The molecule has 224 valence electrons. The van der Waals surface area contributed by atoms with Crippen molar-refractivity contribution in [1.29, 1.82) is 0 Å². The summed E-state index contributed by atoms with van der Waals surface area (Å²) in [5.41, 5.74) is 2.79. The highest BCUT2D eigenvalue weighted by Gasteiger charge is 2.36. The van der Waals surface area contributed by atoms with Crippen LogP contribution in [0.3, 0.4) is 0 Å². The van der Waals surface area contributed by atoms with E-state index in [0.29, 0.717) is 13.1 Å². The summed E-state index contributed by atoms with van der Waals surface area (Å²) in [6.07, 6.45) is 2.17. The fraction of sp³-hybridized carbons (Fsp3) is 0.400. The molecular formula is C35H45N3O4. The molecule has 42 heavy (non-hydrogen) atoms. The molecule has 0 saturated heterocycles. The van der Waals surface area contributed by atoms with E-state index in [0.717, 1.165) is 41.5 Å². The van der Waals surface area contributed by atoms with Crippen LogP contribution in [0.1, 0.15) is 75.3 Å². The number of unbranched alkanes of at least 4 members (excludes halogenated alkanes) is 2. The van der Waals surface area contributed by atoms with Crippen LogP contribution in [-0.2, 0) is 27.3 Å². The highest BCUT2D eigenvalue weighted by Crippen LogP contribution is 2.27. The number of alkyl carbamates (subject to hydrolysis) is 1.